The Bertz CT molecular complexity index is 222. The van der Waals surface area contributed by atoms with E-state index < -0.39 is 7.91 Å². The van der Waals surface area contributed by atoms with Gasteiger partial charge >= 0.3 is 7.91 Å². The van der Waals surface area contributed by atoms with Crippen molar-refractivity contribution in [2.45, 2.75) is 0 Å². The minimum atomic E-state index is -4.63. The van der Waals surface area contributed by atoms with Gasteiger partial charge in [-0.05, 0) is 0 Å². The molecule has 0 N–H and O–H groups in total. The summed E-state index contributed by atoms with van der Waals surface area (Å²) in [7, 11) is -4.63. The molecule has 0 radical (unpaired) electrons. The first-order valence-corrected chi connectivity index (χ1v) is 4.35. The summed E-state index contributed by atoms with van der Waals surface area (Å²) in [6.07, 6.45) is 5.95. The third-order valence-electron chi connectivity index (χ3n) is 0.631. The zero-order valence-corrected chi connectivity index (χ0v) is 7.13. The molecule has 0 bridgehead atoms. The fraction of sp³-hybridized carbons (Fsp3) is 0.333. The molecule has 0 aliphatic rings. The fourth-order valence-corrected chi connectivity index (χ4v) is 0.792. The Morgan fingerprint density at radius 3 is 2.92 bits per heavy atom. The summed E-state index contributed by atoms with van der Waals surface area (Å²) in [6.45, 7) is 2.69. The Hall–Kier alpha value is -0.660. The molecule has 68 valence electrons. The van der Waals surface area contributed by atoms with E-state index in [2.05, 4.69) is 20.7 Å². The lowest BCUT2D eigenvalue weighted by Gasteiger charge is -2.05. The average molecular weight is 194 g/mol. The fourth-order valence-electron chi connectivity index (χ4n) is 0.287. The standard InChI is InChI=1S/C6H8FO4P/c1-3-5-9-11-12(7,8)10-6-4-2/h1,4H,2,5-6H2. The molecular formula is C6H8FO4P. The van der Waals surface area contributed by atoms with E-state index in [1.54, 1.807) is 0 Å². The minimum Gasteiger partial charge on any atom is -0.278 e. The van der Waals surface area contributed by atoms with Crippen LogP contribution in [0.5, 0.6) is 0 Å². The molecule has 0 aliphatic carbocycles. The van der Waals surface area contributed by atoms with Crippen molar-refractivity contribution in [3.8, 4) is 12.3 Å². The quantitative estimate of drug-likeness (QED) is 0.161. The summed E-state index contributed by atoms with van der Waals surface area (Å²) in [4.78, 5) is 4.01. The molecule has 0 spiro atoms. The molecule has 0 aromatic rings. The van der Waals surface area contributed by atoms with Crippen LogP contribution in [0, 0.1) is 12.3 Å². The van der Waals surface area contributed by atoms with Gasteiger partial charge in [0.25, 0.3) is 0 Å². The molecule has 4 nitrogen and oxygen atoms in total. The van der Waals surface area contributed by atoms with Crippen LogP contribution in [0.3, 0.4) is 0 Å². The Morgan fingerprint density at radius 1 is 1.75 bits per heavy atom. The van der Waals surface area contributed by atoms with Gasteiger partial charge in [0.1, 0.15) is 6.61 Å². The van der Waals surface area contributed by atoms with Crippen molar-refractivity contribution in [2.75, 3.05) is 13.2 Å². The Kier molecular flexibility index (Phi) is 5.60. The van der Waals surface area contributed by atoms with E-state index in [9.17, 15) is 8.76 Å². The number of terminal acetylenes is 1. The van der Waals surface area contributed by atoms with Crippen molar-refractivity contribution in [1.29, 1.82) is 0 Å². The Morgan fingerprint density at radius 2 is 2.42 bits per heavy atom. The van der Waals surface area contributed by atoms with Crippen LogP contribution in [-0.4, -0.2) is 13.2 Å². The van der Waals surface area contributed by atoms with Crippen molar-refractivity contribution >= 4 is 7.91 Å². The third kappa shape index (κ3) is 6.08. The molecule has 6 heteroatoms. The number of halogens is 1. The molecule has 0 heterocycles. The lowest BCUT2D eigenvalue weighted by molar-refractivity contribution is -0.208. The largest absolute Gasteiger partial charge is 0.540 e. The Balaban J connectivity index is 3.65. The van der Waals surface area contributed by atoms with E-state index in [1.165, 1.54) is 6.08 Å². The lowest BCUT2D eigenvalue weighted by atomic mass is 10.7. The zero-order chi connectivity index (χ0) is 9.45. The molecule has 0 amide bonds. The van der Waals surface area contributed by atoms with Crippen LogP contribution in [0.4, 0.5) is 4.20 Å². The normalized spacial score (nSPS) is 14.7. The van der Waals surface area contributed by atoms with Crippen LogP contribution in [0.15, 0.2) is 12.7 Å². The zero-order valence-electron chi connectivity index (χ0n) is 6.23. The van der Waals surface area contributed by atoms with E-state index in [1.807, 2.05) is 5.92 Å². The van der Waals surface area contributed by atoms with Gasteiger partial charge < -0.3 is 0 Å². The highest BCUT2D eigenvalue weighted by atomic mass is 31.2. The molecule has 0 saturated carbocycles. The van der Waals surface area contributed by atoms with E-state index in [-0.39, 0.29) is 13.2 Å². The molecule has 0 saturated heterocycles. The Labute approximate surface area is 69.9 Å². The molecule has 0 aromatic heterocycles. The highest BCUT2D eigenvalue weighted by Crippen LogP contribution is 2.49. The maximum atomic E-state index is 12.5. The van der Waals surface area contributed by atoms with E-state index >= 15 is 0 Å². The predicted octanol–water partition coefficient (Wildman–Crippen LogP) is 1.85. The van der Waals surface area contributed by atoms with Gasteiger partial charge in [-0.2, -0.15) is 0 Å². The number of hydrogen-bond acceptors (Lipinski definition) is 4. The van der Waals surface area contributed by atoms with Crippen LogP contribution in [0.25, 0.3) is 0 Å². The van der Waals surface area contributed by atoms with Gasteiger partial charge in [0.05, 0.1) is 6.61 Å². The van der Waals surface area contributed by atoms with Crippen LogP contribution >= 0.6 is 7.91 Å². The first-order valence-electron chi connectivity index (χ1n) is 2.92. The van der Waals surface area contributed by atoms with Gasteiger partial charge in [0.2, 0.25) is 0 Å². The van der Waals surface area contributed by atoms with Crippen LogP contribution < -0.4 is 0 Å². The van der Waals surface area contributed by atoms with Crippen molar-refractivity contribution < 1.29 is 22.8 Å². The first kappa shape index (κ1) is 11.3. The van der Waals surface area contributed by atoms with Crippen molar-refractivity contribution in [3.05, 3.63) is 12.7 Å². The summed E-state index contributed by atoms with van der Waals surface area (Å²) in [5.74, 6) is 1.99. The highest BCUT2D eigenvalue weighted by Gasteiger charge is 2.24. The number of hydrogen-bond donors (Lipinski definition) is 0. The van der Waals surface area contributed by atoms with Crippen LogP contribution in [0.2, 0.25) is 0 Å². The van der Waals surface area contributed by atoms with Crippen molar-refractivity contribution in [3.63, 3.8) is 0 Å². The maximum absolute atomic E-state index is 12.5. The molecule has 12 heavy (non-hydrogen) atoms. The van der Waals surface area contributed by atoms with Gasteiger partial charge in [0.15, 0.2) is 0 Å². The van der Waals surface area contributed by atoms with Gasteiger partial charge in [0, 0.05) is 0 Å². The molecule has 1 atom stereocenters. The van der Waals surface area contributed by atoms with Crippen molar-refractivity contribution in [1.82, 2.24) is 0 Å². The highest BCUT2D eigenvalue weighted by molar-refractivity contribution is 7.47. The molecule has 0 fully saturated rings. The minimum absolute atomic E-state index is 0.229. The lowest BCUT2D eigenvalue weighted by Crippen LogP contribution is -1.94. The smallest absolute Gasteiger partial charge is 0.278 e. The second-order valence-electron chi connectivity index (χ2n) is 1.56. The van der Waals surface area contributed by atoms with Gasteiger partial charge in [-0.3, -0.25) is 4.52 Å². The predicted molar refractivity (Wildman–Crippen MR) is 40.7 cm³/mol. The molecule has 0 aliphatic heterocycles. The van der Waals surface area contributed by atoms with Crippen molar-refractivity contribution in [2.24, 2.45) is 0 Å². The number of rotatable bonds is 6. The second kappa shape index (κ2) is 5.92. The van der Waals surface area contributed by atoms with Crippen LogP contribution in [0.1, 0.15) is 0 Å². The molecule has 0 aromatic carbocycles. The third-order valence-corrected chi connectivity index (χ3v) is 1.37. The first-order chi connectivity index (χ1) is 5.62. The maximum Gasteiger partial charge on any atom is 0.540 e. The summed E-state index contributed by atoms with van der Waals surface area (Å²) < 4.78 is 30.8. The monoisotopic (exact) mass is 194 g/mol. The topological polar surface area (TPSA) is 44.8 Å². The van der Waals surface area contributed by atoms with E-state index in [4.69, 9.17) is 6.42 Å². The second-order valence-corrected chi connectivity index (χ2v) is 2.82. The summed E-state index contributed by atoms with van der Waals surface area (Å²) in [6, 6.07) is 0. The van der Waals surface area contributed by atoms with Crippen LogP contribution in [-0.2, 0) is 18.7 Å². The summed E-state index contributed by atoms with van der Waals surface area (Å²) >= 11 is 0. The van der Waals surface area contributed by atoms with Gasteiger partial charge in [-0.25, -0.2) is 9.45 Å². The van der Waals surface area contributed by atoms with Gasteiger partial charge in [-0.15, -0.1) is 21.9 Å². The van der Waals surface area contributed by atoms with E-state index in [0.717, 1.165) is 0 Å². The van der Waals surface area contributed by atoms with E-state index in [0.29, 0.717) is 0 Å². The molecule has 0 rings (SSSR count). The summed E-state index contributed by atoms with van der Waals surface area (Å²) in [5, 5.41) is 0. The average Bonchev–Trinajstić information content (AvgIpc) is 2.01. The van der Waals surface area contributed by atoms with Gasteiger partial charge in [-0.1, -0.05) is 12.0 Å². The molecular weight excluding hydrogens is 186 g/mol. The SMILES string of the molecule is C#CCOOP(=O)(F)OCC=C. The molecule has 1 unspecified atom stereocenters. The summed E-state index contributed by atoms with van der Waals surface area (Å²) in [5.41, 5.74) is 0.